The van der Waals surface area contributed by atoms with Crippen molar-refractivity contribution in [1.29, 1.82) is 0 Å². The second-order valence-electron chi connectivity index (χ2n) is 4.44. The van der Waals surface area contributed by atoms with Crippen LogP contribution in [0.1, 0.15) is 10.4 Å². The molecule has 0 saturated carbocycles. The predicted molar refractivity (Wildman–Crippen MR) is 85.1 cm³/mol. The molecule has 0 fully saturated rings. The monoisotopic (exact) mass is 336 g/mol. The molecule has 0 aliphatic carbocycles. The molecule has 3 rings (SSSR count). The van der Waals surface area contributed by atoms with E-state index in [0.29, 0.717) is 32.4 Å². The number of rotatable bonds is 3. The maximum absolute atomic E-state index is 11.8. The number of hydrogen-bond acceptors (Lipinski definition) is 5. The van der Waals surface area contributed by atoms with Gasteiger partial charge in [0.05, 0.1) is 18.4 Å². The Labute approximate surface area is 135 Å². The number of ether oxygens (including phenoxy) is 1. The number of nitrogens with zero attached hydrogens (tertiary/aromatic N) is 1. The molecule has 0 aliphatic rings. The van der Waals surface area contributed by atoms with E-state index in [1.165, 1.54) is 7.11 Å². The van der Waals surface area contributed by atoms with Gasteiger partial charge < -0.3 is 14.5 Å². The van der Waals surface area contributed by atoms with Crippen molar-refractivity contribution in [3.63, 3.8) is 0 Å². The Hall–Kier alpha value is -2.24. The molecular weight excluding hydrogens is 327 g/mol. The fourth-order valence-electron chi connectivity index (χ4n) is 1.98. The van der Waals surface area contributed by atoms with E-state index in [2.05, 4.69) is 10.3 Å². The SMILES string of the molecule is COC(=O)c1ccc(Cl)cc1Nc1nc2cc(Cl)ccc2o1. The molecule has 2 aromatic carbocycles. The molecule has 1 heterocycles. The number of hydrogen-bond donors (Lipinski definition) is 1. The second kappa shape index (κ2) is 5.87. The smallest absolute Gasteiger partial charge is 0.339 e. The van der Waals surface area contributed by atoms with E-state index in [9.17, 15) is 4.79 Å². The second-order valence-corrected chi connectivity index (χ2v) is 5.31. The van der Waals surface area contributed by atoms with E-state index < -0.39 is 5.97 Å². The number of fused-ring (bicyclic) bond motifs is 1. The van der Waals surface area contributed by atoms with Crippen LogP contribution in [0.3, 0.4) is 0 Å². The van der Waals surface area contributed by atoms with E-state index >= 15 is 0 Å². The molecule has 22 heavy (non-hydrogen) atoms. The lowest BCUT2D eigenvalue weighted by Gasteiger charge is -2.08. The van der Waals surface area contributed by atoms with E-state index in [0.717, 1.165) is 0 Å². The van der Waals surface area contributed by atoms with Crippen molar-refractivity contribution in [2.24, 2.45) is 0 Å². The highest BCUT2D eigenvalue weighted by Crippen LogP contribution is 2.28. The van der Waals surface area contributed by atoms with Crippen molar-refractivity contribution in [3.05, 3.63) is 52.0 Å². The third-order valence-corrected chi connectivity index (χ3v) is 3.45. The first kappa shape index (κ1) is 14.7. The number of esters is 1. The predicted octanol–water partition coefficient (Wildman–Crippen LogP) is 4.66. The molecule has 0 bridgehead atoms. The summed E-state index contributed by atoms with van der Waals surface area (Å²) >= 11 is 11.9. The Morgan fingerprint density at radius 2 is 1.91 bits per heavy atom. The van der Waals surface area contributed by atoms with Crippen molar-refractivity contribution in [2.45, 2.75) is 0 Å². The number of oxazole rings is 1. The third kappa shape index (κ3) is 2.86. The molecule has 5 nitrogen and oxygen atoms in total. The van der Waals surface area contributed by atoms with Crippen LogP contribution in [-0.4, -0.2) is 18.1 Å². The van der Waals surface area contributed by atoms with Gasteiger partial charge in [-0.1, -0.05) is 23.2 Å². The average Bonchev–Trinajstić information content (AvgIpc) is 2.88. The van der Waals surface area contributed by atoms with Crippen LogP contribution >= 0.6 is 23.2 Å². The number of carbonyl (C=O) groups is 1. The number of anilines is 2. The van der Waals surface area contributed by atoms with Gasteiger partial charge in [0, 0.05) is 10.0 Å². The highest BCUT2D eigenvalue weighted by molar-refractivity contribution is 6.31. The summed E-state index contributed by atoms with van der Waals surface area (Å²) in [5.74, 6) is -0.488. The van der Waals surface area contributed by atoms with Gasteiger partial charge in [-0.15, -0.1) is 0 Å². The Morgan fingerprint density at radius 3 is 2.68 bits per heavy atom. The Morgan fingerprint density at radius 1 is 1.18 bits per heavy atom. The van der Waals surface area contributed by atoms with Crippen molar-refractivity contribution < 1.29 is 13.9 Å². The lowest BCUT2D eigenvalue weighted by atomic mass is 10.2. The number of methoxy groups -OCH3 is 1. The number of aromatic nitrogens is 1. The van der Waals surface area contributed by atoms with Gasteiger partial charge in [0.25, 0.3) is 6.01 Å². The van der Waals surface area contributed by atoms with Crippen LogP contribution in [-0.2, 0) is 4.74 Å². The number of carbonyl (C=O) groups excluding carboxylic acids is 1. The van der Waals surface area contributed by atoms with Crippen molar-refractivity contribution in [1.82, 2.24) is 4.98 Å². The zero-order valence-electron chi connectivity index (χ0n) is 11.4. The molecule has 0 radical (unpaired) electrons. The van der Waals surface area contributed by atoms with Crippen molar-refractivity contribution in [2.75, 3.05) is 12.4 Å². The van der Waals surface area contributed by atoms with Crippen LogP contribution in [0.2, 0.25) is 10.0 Å². The van der Waals surface area contributed by atoms with Crippen molar-refractivity contribution in [3.8, 4) is 0 Å². The zero-order valence-corrected chi connectivity index (χ0v) is 12.9. The Balaban J connectivity index is 2.00. The van der Waals surface area contributed by atoms with Crippen LogP contribution in [0, 0.1) is 0 Å². The fraction of sp³-hybridized carbons (Fsp3) is 0.0667. The first-order valence-corrected chi connectivity index (χ1v) is 7.03. The van der Waals surface area contributed by atoms with E-state index in [-0.39, 0.29) is 6.01 Å². The van der Waals surface area contributed by atoms with Gasteiger partial charge in [-0.05, 0) is 36.4 Å². The molecule has 0 amide bonds. The first-order valence-electron chi connectivity index (χ1n) is 6.28. The molecule has 1 N–H and O–H groups in total. The van der Waals surface area contributed by atoms with Crippen LogP contribution in [0.5, 0.6) is 0 Å². The maximum Gasteiger partial charge on any atom is 0.339 e. The molecule has 3 aromatic rings. The summed E-state index contributed by atoms with van der Waals surface area (Å²) in [6, 6.07) is 10.1. The van der Waals surface area contributed by atoms with Gasteiger partial charge >= 0.3 is 5.97 Å². The third-order valence-electron chi connectivity index (χ3n) is 2.98. The molecule has 0 atom stereocenters. The Kier molecular flexibility index (Phi) is 3.92. The van der Waals surface area contributed by atoms with E-state index in [1.54, 1.807) is 36.4 Å². The highest BCUT2D eigenvalue weighted by atomic mass is 35.5. The molecular formula is C15H10Cl2N2O3. The van der Waals surface area contributed by atoms with Crippen LogP contribution in [0.15, 0.2) is 40.8 Å². The maximum atomic E-state index is 11.8. The Bertz CT molecular complexity index is 861. The van der Waals surface area contributed by atoms with Gasteiger partial charge in [-0.2, -0.15) is 4.98 Å². The zero-order chi connectivity index (χ0) is 15.7. The summed E-state index contributed by atoms with van der Waals surface area (Å²) < 4.78 is 10.3. The van der Waals surface area contributed by atoms with Crippen LogP contribution in [0.25, 0.3) is 11.1 Å². The normalized spacial score (nSPS) is 10.7. The van der Waals surface area contributed by atoms with Gasteiger partial charge in [0.15, 0.2) is 5.58 Å². The largest absolute Gasteiger partial charge is 0.465 e. The van der Waals surface area contributed by atoms with E-state index in [4.69, 9.17) is 32.4 Å². The van der Waals surface area contributed by atoms with E-state index in [1.807, 2.05) is 0 Å². The summed E-state index contributed by atoms with van der Waals surface area (Å²) in [7, 11) is 1.31. The molecule has 0 spiro atoms. The van der Waals surface area contributed by atoms with Gasteiger partial charge in [-0.25, -0.2) is 4.79 Å². The topological polar surface area (TPSA) is 64.4 Å². The summed E-state index contributed by atoms with van der Waals surface area (Å²) in [6.07, 6.45) is 0. The minimum atomic E-state index is -0.488. The summed E-state index contributed by atoms with van der Waals surface area (Å²) in [5, 5.41) is 3.96. The standard InChI is InChI=1S/C15H10Cl2N2O3/c1-21-14(20)10-4-2-8(16)6-11(10)18-15-19-12-7-9(17)3-5-13(12)22-15/h2-7H,1H3,(H,18,19). The van der Waals surface area contributed by atoms with Crippen LogP contribution in [0.4, 0.5) is 11.7 Å². The number of halogens is 2. The minimum Gasteiger partial charge on any atom is -0.465 e. The number of benzene rings is 2. The lowest BCUT2D eigenvalue weighted by molar-refractivity contribution is 0.0602. The minimum absolute atomic E-state index is 0.227. The molecule has 0 unspecified atom stereocenters. The molecule has 0 saturated heterocycles. The first-order chi connectivity index (χ1) is 10.6. The van der Waals surface area contributed by atoms with Crippen molar-refractivity contribution >= 4 is 52.0 Å². The quantitative estimate of drug-likeness (QED) is 0.704. The van der Waals surface area contributed by atoms with Gasteiger partial charge in [-0.3, -0.25) is 0 Å². The molecule has 112 valence electrons. The molecule has 0 aliphatic heterocycles. The summed E-state index contributed by atoms with van der Waals surface area (Å²) in [5.41, 5.74) is 1.95. The van der Waals surface area contributed by atoms with Gasteiger partial charge in [0.1, 0.15) is 5.52 Å². The molecule has 1 aromatic heterocycles. The van der Waals surface area contributed by atoms with Gasteiger partial charge in [0.2, 0.25) is 0 Å². The lowest BCUT2D eigenvalue weighted by Crippen LogP contribution is -2.05. The summed E-state index contributed by atoms with van der Waals surface area (Å²) in [6.45, 7) is 0. The fourth-order valence-corrected chi connectivity index (χ4v) is 2.32. The average molecular weight is 337 g/mol. The summed E-state index contributed by atoms with van der Waals surface area (Å²) in [4.78, 5) is 16.0. The highest BCUT2D eigenvalue weighted by Gasteiger charge is 2.15. The molecule has 7 heteroatoms. The number of nitrogens with one attached hydrogen (secondary N) is 1. The van der Waals surface area contributed by atoms with Crippen LogP contribution < -0.4 is 5.32 Å².